The van der Waals surface area contributed by atoms with Crippen LogP contribution in [0.25, 0.3) is 0 Å². The molecule has 8 heavy (non-hydrogen) atoms. The minimum Gasteiger partial charge on any atom is -0.267 e. The zero-order valence-corrected chi connectivity index (χ0v) is 7.09. The average molecular weight is 152 g/mol. The Morgan fingerprint density at radius 2 is 2.38 bits per heavy atom. The van der Waals surface area contributed by atoms with Crippen LogP contribution >= 0.6 is 6.85 Å². The van der Waals surface area contributed by atoms with Crippen LogP contribution in [0.5, 0.6) is 0 Å². The molecule has 0 aromatic carbocycles. The van der Waals surface area contributed by atoms with Gasteiger partial charge in [-0.15, -0.1) is 0 Å². The summed E-state index contributed by atoms with van der Waals surface area (Å²) in [4.78, 5) is 0. The molecule has 3 N–H and O–H groups in total. The van der Waals surface area contributed by atoms with Gasteiger partial charge in [0, 0.05) is 6.85 Å². The van der Waals surface area contributed by atoms with E-state index < -0.39 is 6.85 Å². The van der Waals surface area contributed by atoms with E-state index in [4.69, 9.17) is 17.6 Å². The van der Waals surface area contributed by atoms with Gasteiger partial charge < -0.3 is 0 Å². The standard InChI is InChI=1S/C4H13N2PS/c1-3-4(2)7(8)6-5/h4,7H,3,5H2,1-2H3,(H,6,8). The smallest absolute Gasteiger partial charge is 0.0162 e. The first-order valence-corrected chi connectivity index (χ1v) is 5.43. The number of nitrogens with one attached hydrogen (secondary N) is 1. The van der Waals surface area contributed by atoms with Gasteiger partial charge in [-0.2, -0.15) is 0 Å². The van der Waals surface area contributed by atoms with E-state index in [1.807, 2.05) is 0 Å². The third-order valence-corrected chi connectivity index (χ3v) is 4.35. The minimum atomic E-state index is -0.846. The normalized spacial score (nSPS) is 17.9. The van der Waals surface area contributed by atoms with Gasteiger partial charge in [-0.3, -0.25) is 5.84 Å². The zero-order chi connectivity index (χ0) is 6.57. The van der Waals surface area contributed by atoms with Gasteiger partial charge >= 0.3 is 0 Å². The quantitative estimate of drug-likeness (QED) is 0.357. The Balaban J connectivity index is 3.46. The SMILES string of the molecule is CCC(C)[PH](=S)NN. The van der Waals surface area contributed by atoms with Crippen molar-refractivity contribution >= 4 is 18.7 Å². The summed E-state index contributed by atoms with van der Waals surface area (Å²) in [7, 11) is 0. The predicted octanol–water partition coefficient (Wildman–Crippen LogP) is 0.839. The molecule has 2 atom stereocenters. The van der Waals surface area contributed by atoms with Gasteiger partial charge in [0.2, 0.25) is 0 Å². The van der Waals surface area contributed by atoms with Gasteiger partial charge in [0.15, 0.2) is 0 Å². The number of rotatable bonds is 3. The molecule has 2 unspecified atom stereocenters. The van der Waals surface area contributed by atoms with Crippen LogP contribution in [-0.2, 0) is 11.8 Å². The van der Waals surface area contributed by atoms with Gasteiger partial charge in [0.05, 0.1) is 0 Å². The number of hydrogen-bond donors (Lipinski definition) is 2. The molecule has 0 aliphatic heterocycles. The van der Waals surface area contributed by atoms with Crippen molar-refractivity contribution in [3.8, 4) is 0 Å². The summed E-state index contributed by atoms with van der Waals surface area (Å²) in [6.07, 6.45) is 1.13. The minimum absolute atomic E-state index is 0.597. The monoisotopic (exact) mass is 152 g/mol. The summed E-state index contributed by atoms with van der Waals surface area (Å²) in [5, 5.41) is 2.63. The molecule has 0 saturated heterocycles. The van der Waals surface area contributed by atoms with Crippen molar-refractivity contribution in [1.29, 1.82) is 0 Å². The molecule has 0 fully saturated rings. The molecule has 0 radical (unpaired) electrons. The van der Waals surface area contributed by atoms with Crippen molar-refractivity contribution in [3.63, 3.8) is 0 Å². The van der Waals surface area contributed by atoms with Gasteiger partial charge in [-0.25, -0.2) is 5.20 Å². The van der Waals surface area contributed by atoms with Crippen LogP contribution in [0.15, 0.2) is 0 Å². The summed E-state index contributed by atoms with van der Waals surface area (Å²) < 4.78 is 0. The molecule has 0 rings (SSSR count). The molecule has 0 aliphatic carbocycles. The molecule has 4 heteroatoms. The van der Waals surface area contributed by atoms with Crippen molar-refractivity contribution in [1.82, 2.24) is 5.20 Å². The fraction of sp³-hybridized carbons (Fsp3) is 1.00. The van der Waals surface area contributed by atoms with E-state index in [0.29, 0.717) is 5.66 Å². The van der Waals surface area contributed by atoms with Crippen LogP contribution in [0, 0.1) is 0 Å². The first kappa shape index (κ1) is 8.57. The summed E-state index contributed by atoms with van der Waals surface area (Å²) in [6.45, 7) is 3.40. The van der Waals surface area contributed by atoms with Crippen LogP contribution < -0.4 is 11.0 Å². The highest BCUT2D eigenvalue weighted by molar-refractivity contribution is 8.04. The lowest BCUT2D eigenvalue weighted by atomic mass is 10.4. The highest BCUT2D eigenvalue weighted by atomic mass is 32.4. The van der Waals surface area contributed by atoms with E-state index in [1.165, 1.54) is 0 Å². The molecule has 0 heterocycles. The summed E-state index contributed by atoms with van der Waals surface area (Å²) in [5.41, 5.74) is 0.597. The zero-order valence-electron chi connectivity index (χ0n) is 5.27. The number of nitrogens with two attached hydrogens (primary N) is 1. The second-order valence-corrected chi connectivity index (χ2v) is 5.14. The Morgan fingerprint density at radius 1 is 1.88 bits per heavy atom. The average Bonchev–Trinajstić information content (AvgIpc) is 1.84. The largest absolute Gasteiger partial charge is 0.267 e. The molecular formula is C4H13N2PS. The fourth-order valence-electron chi connectivity index (χ4n) is 0.328. The summed E-state index contributed by atoms with van der Waals surface area (Å²) >= 11 is 5.03. The Hall–Kier alpha value is 0.570. The van der Waals surface area contributed by atoms with Crippen LogP contribution in [0.2, 0.25) is 0 Å². The van der Waals surface area contributed by atoms with E-state index in [2.05, 4.69) is 19.0 Å². The maximum absolute atomic E-state index is 5.14. The lowest BCUT2D eigenvalue weighted by molar-refractivity contribution is 0.882. The third kappa shape index (κ3) is 2.78. The number of hydrogen-bond acceptors (Lipinski definition) is 2. The van der Waals surface area contributed by atoms with Gasteiger partial charge in [0.25, 0.3) is 0 Å². The summed E-state index contributed by atoms with van der Waals surface area (Å²) in [6, 6.07) is 0. The Labute approximate surface area is 56.3 Å². The van der Waals surface area contributed by atoms with Crippen molar-refractivity contribution in [2.45, 2.75) is 25.9 Å². The second kappa shape index (κ2) is 4.45. The van der Waals surface area contributed by atoms with E-state index in [1.54, 1.807) is 0 Å². The maximum atomic E-state index is 5.14. The van der Waals surface area contributed by atoms with Gasteiger partial charge in [-0.1, -0.05) is 25.7 Å². The predicted molar refractivity (Wildman–Crippen MR) is 42.8 cm³/mol. The van der Waals surface area contributed by atoms with E-state index in [0.717, 1.165) is 6.42 Å². The van der Waals surface area contributed by atoms with Crippen molar-refractivity contribution in [2.75, 3.05) is 0 Å². The van der Waals surface area contributed by atoms with Crippen molar-refractivity contribution in [3.05, 3.63) is 0 Å². The van der Waals surface area contributed by atoms with Crippen molar-refractivity contribution in [2.24, 2.45) is 5.84 Å². The highest BCUT2D eigenvalue weighted by Crippen LogP contribution is 2.23. The molecule has 0 bridgehead atoms. The molecular weight excluding hydrogens is 139 g/mol. The Morgan fingerprint density at radius 3 is 2.50 bits per heavy atom. The van der Waals surface area contributed by atoms with Crippen LogP contribution in [0.1, 0.15) is 20.3 Å². The van der Waals surface area contributed by atoms with E-state index in [-0.39, 0.29) is 0 Å². The summed E-state index contributed by atoms with van der Waals surface area (Å²) in [5.74, 6) is 5.14. The van der Waals surface area contributed by atoms with Gasteiger partial charge in [0.1, 0.15) is 0 Å². The van der Waals surface area contributed by atoms with Crippen LogP contribution in [0.3, 0.4) is 0 Å². The highest BCUT2D eigenvalue weighted by Gasteiger charge is 1.99. The third-order valence-electron chi connectivity index (χ3n) is 1.20. The fourth-order valence-corrected chi connectivity index (χ4v) is 1.48. The first-order valence-electron chi connectivity index (χ1n) is 2.72. The van der Waals surface area contributed by atoms with Crippen LogP contribution in [-0.4, -0.2) is 5.66 Å². The molecule has 0 aromatic heterocycles. The lowest BCUT2D eigenvalue weighted by Gasteiger charge is -2.08. The molecule has 0 amide bonds. The Kier molecular flexibility index (Phi) is 4.77. The molecule has 50 valence electrons. The molecule has 0 saturated carbocycles. The van der Waals surface area contributed by atoms with Crippen LogP contribution in [0.4, 0.5) is 0 Å². The topological polar surface area (TPSA) is 38.0 Å². The van der Waals surface area contributed by atoms with Gasteiger partial charge in [-0.05, 0) is 12.1 Å². The molecule has 0 aliphatic rings. The van der Waals surface area contributed by atoms with E-state index in [9.17, 15) is 0 Å². The second-order valence-electron chi connectivity index (χ2n) is 1.82. The lowest BCUT2D eigenvalue weighted by Crippen LogP contribution is -2.16. The Bertz CT molecular complexity index is 86.1. The molecule has 0 spiro atoms. The first-order chi connectivity index (χ1) is 3.72. The van der Waals surface area contributed by atoms with E-state index >= 15 is 0 Å². The van der Waals surface area contributed by atoms with Crippen molar-refractivity contribution < 1.29 is 0 Å². The molecule has 0 aromatic rings. The maximum Gasteiger partial charge on any atom is 0.0162 e. The molecule has 2 nitrogen and oxygen atoms in total. The number of hydrazine groups is 1.